The molecule has 0 saturated heterocycles. The van der Waals surface area contributed by atoms with Crippen LogP contribution >= 0.6 is 0 Å². The number of anilines is 1. The standard InChI is InChI=1S/C20H18N2O2/c1-13-3-8-18-16(12-24-20(18)14(13)2)11-19(23)22-17-6-4-15(5-7-17)9-10-21/h3-8,12H,9,11H2,1-2H3,(H,22,23). The third-order valence-electron chi connectivity index (χ3n) is 4.21. The summed E-state index contributed by atoms with van der Waals surface area (Å²) >= 11 is 0. The molecule has 4 nitrogen and oxygen atoms in total. The number of hydrogen-bond donors (Lipinski definition) is 1. The first-order valence-corrected chi connectivity index (χ1v) is 7.80. The van der Waals surface area contributed by atoms with Crippen LogP contribution in [0.2, 0.25) is 0 Å². The van der Waals surface area contributed by atoms with Crippen LogP contribution in [0.15, 0.2) is 47.1 Å². The average molecular weight is 318 g/mol. The van der Waals surface area contributed by atoms with E-state index in [2.05, 4.69) is 11.4 Å². The minimum absolute atomic E-state index is 0.0936. The quantitative estimate of drug-likeness (QED) is 0.780. The summed E-state index contributed by atoms with van der Waals surface area (Å²) in [4.78, 5) is 12.3. The Balaban J connectivity index is 1.73. The average Bonchev–Trinajstić information content (AvgIpc) is 2.96. The van der Waals surface area contributed by atoms with E-state index in [9.17, 15) is 4.79 Å². The first-order valence-electron chi connectivity index (χ1n) is 7.80. The van der Waals surface area contributed by atoms with Crippen LogP contribution < -0.4 is 5.32 Å². The Hall–Kier alpha value is -3.06. The molecule has 0 fully saturated rings. The molecule has 120 valence electrons. The second kappa shape index (κ2) is 6.59. The number of hydrogen-bond acceptors (Lipinski definition) is 3. The molecule has 0 saturated carbocycles. The number of amides is 1. The van der Waals surface area contributed by atoms with Gasteiger partial charge in [-0.15, -0.1) is 0 Å². The number of nitrogens with one attached hydrogen (secondary N) is 1. The van der Waals surface area contributed by atoms with E-state index < -0.39 is 0 Å². The van der Waals surface area contributed by atoms with Gasteiger partial charge in [-0.2, -0.15) is 5.26 Å². The Morgan fingerprint density at radius 2 is 1.92 bits per heavy atom. The molecule has 1 amide bonds. The van der Waals surface area contributed by atoms with Crippen LogP contribution in [0.3, 0.4) is 0 Å². The van der Waals surface area contributed by atoms with Gasteiger partial charge in [0.1, 0.15) is 5.58 Å². The van der Waals surface area contributed by atoms with Crippen molar-refractivity contribution in [3.05, 3.63) is 64.9 Å². The second-order valence-electron chi connectivity index (χ2n) is 5.90. The van der Waals surface area contributed by atoms with Crippen molar-refractivity contribution in [3.8, 4) is 6.07 Å². The fourth-order valence-electron chi connectivity index (χ4n) is 2.70. The summed E-state index contributed by atoms with van der Waals surface area (Å²) in [5, 5.41) is 12.5. The Morgan fingerprint density at radius 1 is 1.17 bits per heavy atom. The molecule has 0 aliphatic carbocycles. The van der Waals surface area contributed by atoms with Gasteiger partial charge in [-0.3, -0.25) is 4.79 Å². The molecule has 1 N–H and O–H groups in total. The third kappa shape index (κ3) is 3.16. The number of nitrogens with zero attached hydrogens (tertiary/aromatic N) is 1. The van der Waals surface area contributed by atoms with Crippen molar-refractivity contribution in [1.82, 2.24) is 0 Å². The first-order chi connectivity index (χ1) is 11.6. The van der Waals surface area contributed by atoms with Crippen molar-refractivity contribution in [1.29, 1.82) is 5.26 Å². The molecule has 0 atom stereocenters. The fraction of sp³-hybridized carbons (Fsp3) is 0.200. The molecule has 24 heavy (non-hydrogen) atoms. The van der Waals surface area contributed by atoms with E-state index in [1.54, 1.807) is 6.26 Å². The number of benzene rings is 2. The Bertz CT molecular complexity index is 931. The monoisotopic (exact) mass is 318 g/mol. The van der Waals surface area contributed by atoms with Gasteiger partial charge in [0, 0.05) is 16.6 Å². The van der Waals surface area contributed by atoms with Crippen molar-refractivity contribution in [3.63, 3.8) is 0 Å². The summed E-state index contributed by atoms with van der Waals surface area (Å²) < 4.78 is 5.64. The number of carbonyl (C=O) groups excluding carboxylic acids is 1. The van der Waals surface area contributed by atoms with E-state index in [1.807, 2.05) is 50.2 Å². The van der Waals surface area contributed by atoms with Gasteiger partial charge in [0.05, 0.1) is 25.2 Å². The fourth-order valence-corrected chi connectivity index (χ4v) is 2.70. The van der Waals surface area contributed by atoms with Crippen LogP contribution in [-0.2, 0) is 17.6 Å². The highest BCUT2D eigenvalue weighted by Crippen LogP contribution is 2.27. The molecule has 0 unspecified atom stereocenters. The van der Waals surface area contributed by atoms with Crippen molar-refractivity contribution >= 4 is 22.6 Å². The number of aryl methyl sites for hydroxylation is 2. The molecule has 1 aromatic heterocycles. The molecule has 3 aromatic rings. The van der Waals surface area contributed by atoms with Gasteiger partial charge in [-0.05, 0) is 42.7 Å². The molecule has 0 bridgehead atoms. The van der Waals surface area contributed by atoms with Gasteiger partial charge < -0.3 is 9.73 Å². The summed E-state index contributed by atoms with van der Waals surface area (Å²) in [6.45, 7) is 4.06. The zero-order valence-corrected chi connectivity index (χ0v) is 13.7. The van der Waals surface area contributed by atoms with Crippen LogP contribution in [0.1, 0.15) is 22.3 Å². The molecular weight excluding hydrogens is 300 g/mol. The van der Waals surface area contributed by atoms with Crippen LogP contribution in [0.5, 0.6) is 0 Å². The van der Waals surface area contributed by atoms with Gasteiger partial charge in [0.15, 0.2) is 0 Å². The molecule has 4 heteroatoms. The predicted octanol–water partition coefficient (Wildman–Crippen LogP) is 4.30. The molecule has 3 rings (SSSR count). The van der Waals surface area contributed by atoms with Gasteiger partial charge in [0.25, 0.3) is 0 Å². The van der Waals surface area contributed by atoms with Crippen molar-refractivity contribution < 1.29 is 9.21 Å². The molecule has 0 aliphatic heterocycles. The van der Waals surface area contributed by atoms with Gasteiger partial charge in [-0.25, -0.2) is 0 Å². The molecule has 0 aliphatic rings. The van der Waals surface area contributed by atoms with Crippen molar-refractivity contribution in [2.24, 2.45) is 0 Å². The maximum absolute atomic E-state index is 12.3. The predicted molar refractivity (Wildman–Crippen MR) is 93.8 cm³/mol. The highest BCUT2D eigenvalue weighted by atomic mass is 16.3. The maximum atomic E-state index is 12.3. The smallest absolute Gasteiger partial charge is 0.228 e. The lowest BCUT2D eigenvalue weighted by molar-refractivity contribution is -0.115. The second-order valence-corrected chi connectivity index (χ2v) is 5.90. The summed E-state index contributed by atoms with van der Waals surface area (Å²) in [5.74, 6) is -0.0936. The number of fused-ring (bicyclic) bond motifs is 1. The van der Waals surface area contributed by atoms with Crippen LogP contribution in [-0.4, -0.2) is 5.91 Å². The Kier molecular flexibility index (Phi) is 4.35. The first kappa shape index (κ1) is 15.8. The summed E-state index contributed by atoms with van der Waals surface area (Å²) in [6.07, 6.45) is 2.29. The number of carbonyl (C=O) groups is 1. The molecule has 0 radical (unpaired) electrons. The highest BCUT2D eigenvalue weighted by molar-refractivity contribution is 5.95. The summed E-state index contributed by atoms with van der Waals surface area (Å²) in [6, 6.07) is 13.5. The van der Waals surface area contributed by atoms with E-state index in [-0.39, 0.29) is 12.3 Å². The van der Waals surface area contributed by atoms with E-state index in [0.29, 0.717) is 6.42 Å². The highest BCUT2D eigenvalue weighted by Gasteiger charge is 2.13. The largest absolute Gasteiger partial charge is 0.464 e. The minimum Gasteiger partial charge on any atom is -0.464 e. The lowest BCUT2D eigenvalue weighted by atomic mass is 10.0. The van der Waals surface area contributed by atoms with Gasteiger partial charge in [0.2, 0.25) is 5.91 Å². The van der Waals surface area contributed by atoms with E-state index in [4.69, 9.17) is 9.68 Å². The Morgan fingerprint density at radius 3 is 2.62 bits per heavy atom. The van der Waals surface area contributed by atoms with Crippen molar-refractivity contribution in [2.45, 2.75) is 26.7 Å². The van der Waals surface area contributed by atoms with E-state index in [1.165, 1.54) is 5.56 Å². The normalized spacial score (nSPS) is 10.5. The van der Waals surface area contributed by atoms with Gasteiger partial charge in [-0.1, -0.05) is 24.3 Å². The van der Waals surface area contributed by atoms with Crippen molar-refractivity contribution in [2.75, 3.05) is 5.32 Å². The number of rotatable bonds is 4. The summed E-state index contributed by atoms with van der Waals surface area (Å²) in [5.41, 5.74) is 5.66. The number of furan rings is 1. The SMILES string of the molecule is Cc1ccc2c(CC(=O)Nc3ccc(CC#N)cc3)coc2c1C. The van der Waals surface area contributed by atoms with Gasteiger partial charge >= 0.3 is 0 Å². The molecule has 1 heterocycles. The molecule has 0 spiro atoms. The molecular formula is C20H18N2O2. The van der Waals surface area contributed by atoms with Crippen LogP contribution in [0.25, 0.3) is 11.0 Å². The maximum Gasteiger partial charge on any atom is 0.228 e. The Labute approximate surface area is 140 Å². The lowest BCUT2D eigenvalue weighted by Crippen LogP contribution is -2.14. The third-order valence-corrected chi connectivity index (χ3v) is 4.21. The minimum atomic E-state index is -0.0936. The lowest BCUT2D eigenvalue weighted by Gasteiger charge is -2.05. The zero-order valence-electron chi connectivity index (χ0n) is 13.7. The zero-order chi connectivity index (χ0) is 17.1. The van der Waals surface area contributed by atoms with Crippen LogP contribution in [0.4, 0.5) is 5.69 Å². The number of nitriles is 1. The molecule has 2 aromatic carbocycles. The topological polar surface area (TPSA) is 66.0 Å². The van der Waals surface area contributed by atoms with Crippen LogP contribution in [0, 0.1) is 25.2 Å². The summed E-state index contributed by atoms with van der Waals surface area (Å²) in [7, 11) is 0. The van der Waals surface area contributed by atoms with E-state index >= 15 is 0 Å². The van der Waals surface area contributed by atoms with E-state index in [0.717, 1.165) is 33.3 Å².